The average molecular weight is 271 g/mol. The predicted molar refractivity (Wildman–Crippen MR) is 75.8 cm³/mol. The minimum atomic E-state index is -0.795. The van der Waals surface area contributed by atoms with Crippen LogP contribution in [0.3, 0.4) is 0 Å². The molecule has 2 rings (SSSR count). The maximum Gasteiger partial charge on any atom is 0.307 e. The van der Waals surface area contributed by atoms with E-state index in [0.717, 1.165) is 16.9 Å². The first-order valence-corrected chi connectivity index (χ1v) is 6.43. The number of carboxylic acid groups (broad SMARTS) is 1. The Hall–Kier alpha value is -2.36. The molecule has 0 aliphatic heterocycles. The van der Waals surface area contributed by atoms with Crippen LogP contribution in [0.25, 0.3) is 0 Å². The Balaban J connectivity index is 2.11. The molecule has 0 amide bonds. The highest BCUT2D eigenvalue weighted by molar-refractivity contribution is 5.70. The van der Waals surface area contributed by atoms with Crippen molar-refractivity contribution in [3.8, 4) is 5.75 Å². The van der Waals surface area contributed by atoms with Crippen molar-refractivity contribution in [2.45, 2.75) is 12.8 Å². The molecule has 0 radical (unpaired) electrons. The number of nitrogens with zero attached hydrogens (tertiary/aromatic N) is 1. The smallest absolute Gasteiger partial charge is 0.307 e. The molecule has 0 spiro atoms. The molecular weight excluding hydrogens is 254 g/mol. The van der Waals surface area contributed by atoms with Gasteiger partial charge in [0.05, 0.1) is 13.0 Å². The summed E-state index contributed by atoms with van der Waals surface area (Å²) in [7, 11) is 1.60. The number of pyridine rings is 1. The van der Waals surface area contributed by atoms with Gasteiger partial charge < -0.3 is 9.84 Å². The summed E-state index contributed by atoms with van der Waals surface area (Å²) in [5.41, 5.74) is 1.89. The van der Waals surface area contributed by atoms with E-state index >= 15 is 0 Å². The van der Waals surface area contributed by atoms with Crippen LogP contribution in [0.1, 0.15) is 11.1 Å². The summed E-state index contributed by atoms with van der Waals surface area (Å²) in [5, 5.41) is 9.37. The molecule has 0 fully saturated rings. The number of hydrogen-bond acceptors (Lipinski definition) is 3. The molecule has 4 nitrogen and oxygen atoms in total. The third-order valence-electron chi connectivity index (χ3n) is 3.17. The molecular formula is C16H17NO3. The normalized spacial score (nSPS) is 11.8. The van der Waals surface area contributed by atoms with E-state index < -0.39 is 11.9 Å². The summed E-state index contributed by atoms with van der Waals surface area (Å²) in [6.45, 7) is 0. The predicted octanol–water partition coefficient (Wildman–Crippen LogP) is 2.58. The lowest BCUT2D eigenvalue weighted by Gasteiger charge is -2.13. The van der Waals surface area contributed by atoms with Gasteiger partial charge in [0.1, 0.15) is 5.75 Å². The number of rotatable bonds is 6. The van der Waals surface area contributed by atoms with Crippen LogP contribution < -0.4 is 4.74 Å². The zero-order valence-corrected chi connectivity index (χ0v) is 11.3. The second-order valence-electron chi connectivity index (χ2n) is 4.66. The molecule has 1 aromatic carbocycles. The fourth-order valence-electron chi connectivity index (χ4n) is 2.13. The second-order valence-corrected chi connectivity index (χ2v) is 4.66. The molecule has 1 unspecified atom stereocenters. The molecule has 0 bridgehead atoms. The summed E-state index contributed by atoms with van der Waals surface area (Å²) in [6, 6.07) is 11.2. The molecule has 1 N–H and O–H groups in total. The molecule has 0 saturated carbocycles. The fourth-order valence-corrected chi connectivity index (χ4v) is 2.13. The number of hydrogen-bond donors (Lipinski definition) is 1. The molecule has 1 atom stereocenters. The highest BCUT2D eigenvalue weighted by Crippen LogP contribution is 2.18. The van der Waals surface area contributed by atoms with Gasteiger partial charge in [-0.05, 0) is 42.2 Å². The van der Waals surface area contributed by atoms with Gasteiger partial charge in [-0.15, -0.1) is 0 Å². The van der Waals surface area contributed by atoms with Crippen LogP contribution in [0.5, 0.6) is 5.75 Å². The van der Waals surface area contributed by atoms with Crippen LogP contribution in [0.15, 0.2) is 48.8 Å². The number of methoxy groups -OCH3 is 1. The number of ether oxygens (including phenoxy) is 1. The number of benzene rings is 1. The third-order valence-corrected chi connectivity index (χ3v) is 3.17. The van der Waals surface area contributed by atoms with Gasteiger partial charge in [-0.2, -0.15) is 0 Å². The fraction of sp³-hybridized carbons (Fsp3) is 0.250. The Morgan fingerprint density at radius 1 is 1.25 bits per heavy atom. The number of aromatic nitrogens is 1. The number of carbonyl (C=O) groups is 1. The van der Waals surface area contributed by atoms with Crippen LogP contribution in [-0.4, -0.2) is 23.2 Å². The highest BCUT2D eigenvalue weighted by Gasteiger charge is 2.19. The lowest BCUT2D eigenvalue weighted by molar-refractivity contribution is -0.141. The second kappa shape index (κ2) is 6.70. The van der Waals surface area contributed by atoms with E-state index in [-0.39, 0.29) is 0 Å². The van der Waals surface area contributed by atoms with E-state index in [1.54, 1.807) is 19.5 Å². The number of carboxylic acids is 1. The van der Waals surface area contributed by atoms with Crippen molar-refractivity contribution in [2.24, 2.45) is 5.92 Å². The molecule has 0 aliphatic carbocycles. The molecule has 0 saturated heterocycles. The van der Waals surface area contributed by atoms with Crippen LogP contribution in [0.4, 0.5) is 0 Å². The molecule has 1 aromatic heterocycles. The van der Waals surface area contributed by atoms with Crippen molar-refractivity contribution < 1.29 is 14.6 Å². The Kier molecular flexibility index (Phi) is 4.71. The van der Waals surface area contributed by atoms with Crippen molar-refractivity contribution in [3.63, 3.8) is 0 Å². The van der Waals surface area contributed by atoms with Gasteiger partial charge in [0.2, 0.25) is 0 Å². The van der Waals surface area contributed by atoms with Crippen LogP contribution in [0, 0.1) is 5.92 Å². The molecule has 2 aromatic rings. The first-order chi connectivity index (χ1) is 9.69. The minimum absolute atomic E-state index is 0.466. The van der Waals surface area contributed by atoms with Gasteiger partial charge in [0.25, 0.3) is 0 Å². The van der Waals surface area contributed by atoms with Crippen LogP contribution in [-0.2, 0) is 17.6 Å². The van der Waals surface area contributed by atoms with Crippen molar-refractivity contribution in [3.05, 3.63) is 59.9 Å². The van der Waals surface area contributed by atoms with Gasteiger partial charge in [-0.1, -0.05) is 18.2 Å². The summed E-state index contributed by atoms with van der Waals surface area (Å²) in [6.07, 6.45) is 4.34. The van der Waals surface area contributed by atoms with E-state index in [1.807, 2.05) is 36.4 Å². The SMILES string of the molecule is COc1cccc(CC(Cc2cccnc2)C(=O)O)c1. The largest absolute Gasteiger partial charge is 0.497 e. The van der Waals surface area contributed by atoms with E-state index in [9.17, 15) is 9.90 Å². The van der Waals surface area contributed by atoms with Crippen molar-refractivity contribution in [1.82, 2.24) is 4.98 Å². The average Bonchev–Trinajstić information content (AvgIpc) is 2.48. The maximum absolute atomic E-state index is 11.4. The number of aliphatic carboxylic acids is 1. The van der Waals surface area contributed by atoms with Gasteiger partial charge in [-0.25, -0.2) is 0 Å². The van der Waals surface area contributed by atoms with Gasteiger partial charge in [0.15, 0.2) is 0 Å². The van der Waals surface area contributed by atoms with Crippen LogP contribution in [0.2, 0.25) is 0 Å². The standard InChI is InChI=1S/C16H17NO3/c1-20-15-6-2-4-12(10-15)8-14(16(18)19)9-13-5-3-7-17-11-13/h2-7,10-11,14H,8-9H2,1H3,(H,18,19). The lowest BCUT2D eigenvalue weighted by Crippen LogP contribution is -2.19. The Morgan fingerprint density at radius 3 is 2.65 bits per heavy atom. The first kappa shape index (κ1) is 14.1. The minimum Gasteiger partial charge on any atom is -0.497 e. The molecule has 1 heterocycles. The van der Waals surface area contributed by atoms with E-state index in [4.69, 9.17) is 4.74 Å². The monoisotopic (exact) mass is 271 g/mol. The van der Waals surface area contributed by atoms with Crippen molar-refractivity contribution in [2.75, 3.05) is 7.11 Å². The topological polar surface area (TPSA) is 59.4 Å². The summed E-state index contributed by atoms with van der Waals surface area (Å²) in [4.78, 5) is 15.4. The Bertz CT molecular complexity index is 569. The highest BCUT2D eigenvalue weighted by atomic mass is 16.5. The van der Waals surface area contributed by atoms with Gasteiger partial charge >= 0.3 is 5.97 Å². The van der Waals surface area contributed by atoms with Crippen molar-refractivity contribution in [1.29, 1.82) is 0 Å². The summed E-state index contributed by atoms with van der Waals surface area (Å²) < 4.78 is 5.16. The van der Waals surface area contributed by atoms with Crippen molar-refractivity contribution >= 4 is 5.97 Å². The van der Waals surface area contributed by atoms with E-state index in [2.05, 4.69) is 4.98 Å². The van der Waals surface area contributed by atoms with Gasteiger partial charge in [-0.3, -0.25) is 9.78 Å². The van der Waals surface area contributed by atoms with Crippen LogP contribution >= 0.6 is 0 Å². The molecule has 0 aliphatic rings. The Morgan fingerprint density at radius 2 is 2.00 bits per heavy atom. The molecule has 20 heavy (non-hydrogen) atoms. The molecule has 104 valence electrons. The van der Waals surface area contributed by atoms with E-state index in [0.29, 0.717) is 12.8 Å². The first-order valence-electron chi connectivity index (χ1n) is 6.43. The van der Waals surface area contributed by atoms with Gasteiger partial charge in [0, 0.05) is 12.4 Å². The summed E-state index contributed by atoms with van der Waals surface area (Å²) >= 11 is 0. The summed E-state index contributed by atoms with van der Waals surface area (Å²) in [5.74, 6) is -0.518. The Labute approximate surface area is 118 Å². The van der Waals surface area contributed by atoms with E-state index in [1.165, 1.54) is 0 Å². The molecule has 4 heteroatoms. The lowest BCUT2D eigenvalue weighted by atomic mass is 9.93. The quantitative estimate of drug-likeness (QED) is 0.877. The third kappa shape index (κ3) is 3.82. The zero-order valence-electron chi connectivity index (χ0n) is 11.3. The maximum atomic E-state index is 11.4. The zero-order chi connectivity index (χ0) is 14.4.